The molecule has 0 atom stereocenters. The summed E-state index contributed by atoms with van der Waals surface area (Å²) in [5.41, 5.74) is -0.286. The number of halogens is 2. The van der Waals surface area contributed by atoms with Crippen molar-refractivity contribution >= 4 is 116 Å². The van der Waals surface area contributed by atoms with Gasteiger partial charge in [-0.05, 0) is 154 Å². The average molecular weight is 1130 g/mol. The number of ether oxygens (including phenoxy) is 3. The van der Waals surface area contributed by atoms with Crippen LogP contribution in [0.3, 0.4) is 0 Å². The molecule has 0 aliphatic heterocycles. The molecule has 6 aromatic rings. The van der Waals surface area contributed by atoms with Gasteiger partial charge in [0, 0.05) is 47.1 Å². The topological polar surface area (TPSA) is 309 Å². The van der Waals surface area contributed by atoms with Gasteiger partial charge < -0.3 is 60.1 Å². The first kappa shape index (κ1) is 58.4. The number of carbonyl (C=O) groups is 8. The van der Waals surface area contributed by atoms with Crippen LogP contribution >= 0.6 is 23.2 Å². The maximum atomic E-state index is 13.4. The van der Waals surface area contributed by atoms with Crippen molar-refractivity contribution in [3.63, 3.8) is 0 Å². The van der Waals surface area contributed by atoms with Gasteiger partial charge in [0.1, 0.15) is 45.4 Å². The molecule has 2 aliphatic carbocycles. The summed E-state index contributed by atoms with van der Waals surface area (Å²) in [5, 5.41) is 27.5. The molecule has 7 N–H and O–H groups in total. The summed E-state index contributed by atoms with van der Waals surface area (Å²) in [5.74, 6) is -4.36. The fraction of sp³-hybridized carbons (Fsp3) is 0.382. The number of carboxylic acids is 1. The highest BCUT2D eigenvalue weighted by Crippen LogP contribution is 2.37. The Hall–Kier alpha value is -8.24. The van der Waals surface area contributed by atoms with Gasteiger partial charge in [0.2, 0.25) is 23.3 Å². The Morgan fingerprint density at radius 2 is 0.949 bits per heavy atom. The first-order valence-corrected chi connectivity index (χ1v) is 26.0. The van der Waals surface area contributed by atoms with Gasteiger partial charge in [-0.3, -0.25) is 19.2 Å². The minimum Gasteiger partial charge on any atom is -0.478 e. The molecular weight excluding hydrogens is 1070 g/mol. The SMILES string of the molecule is CC(C)(C)OC(=O)NC1CCC(C(=O)Nc2c(C(=O)Nc3ccc(Cl)cn3)oc3ccc(C(=O)O)cc23)CC1.COC(=O)c1ccc2oc(C(=O)Nc3ccc(Cl)cn3)c(NC(=O)C3CCC(NC(=O)OC(C)(C)C)CC3)c2c1. The summed E-state index contributed by atoms with van der Waals surface area (Å²) in [6, 6.07) is 14.6. The summed E-state index contributed by atoms with van der Waals surface area (Å²) in [4.78, 5) is 109. The van der Waals surface area contributed by atoms with Crippen molar-refractivity contribution in [3.05, 3.63) is 106 Å². The van der Waals surface area contributed by atoms with Crippen LogP contribution in [0.25, 0.3) is 21.9 Å². The lowest BCUT2D eigenvalue weighted by Gasteiger charge is -2.29. The number of carbonyl (C=O) groups excluding carboxylic acids is 7. The van der Waals surface area contributed by atoms with Crippen molar-refractivity contribution in [1.82, 2.24) is 20.6 Å². The molecule has 2 fully saturated rings. The van der Waals surface area contributed by atoms with E-state index < -0.39 is 47.1 Å². The Kier molecular flexibility index (Phi) is 18.5. The minimum absolute atomic E-state index is 0.0288. The Labute approximate surface area is 463 Å². The van der Waals surface area contributed by atoms with Crippen LogP contribution in [0.5, 0.6) is 0 Å². The van der Waals surface area contributed by atoms with Gasteiger partial charge in [0.15, 0.2) is 0 Å². The fourth-order valence-corrected chi connectivity index (χ4v) is 9.01. The largest absolute Gasteiger partial charge is 0.478 e. The number of fused-ring (bicyclic) bond motifs is 2. The van der Waals surface area contributed by atoms with Gasteiger partial charge >= 0.3 is 24.1 Å². The van der Waals surface area contributed by atoms with E-state index in [1.807, 2.05) is 0 Å². The molecule has 22 nitrogen and oxygen atoms in total. The Bertz CT molecular complexity index is 3260. The summed E-state index contributed by atoms with van der Waals surface area (Å²) in [6.07, 6.45) is 6.12. The van der Waals surface area contributed by atoms with Crippen molar-refractivity contribution < 1.29 is 66.5 Å². The van der Waals surface area contributed by atoms with Crippen LogP contribution in [0.15, 0.2) is 81.9 Å². The molecule has 4 heterocycles. The summed E-state index contributed by atoms with van der Waals surface area (Å²) < 4.78 is 27.0. The molecule has 4 aromatic heterocycles. The van der Waals surface area contributed by atoms with Crippen LogP contribution in [0.4, 0.5) is 32.6 Å². The van der Waals surface area contributed by atoms with E-state index in [1.54, 1.807) is 53.7 Å². The zero-order chi connectivity index (χ0) is 57.3. The van der Waals surface area contributed by atoms with Crippen LogP contribution in [0.1, 0.15) is 135 Å². The van der Waals surface area contributed by atoms with E-state index in [2.05, 4.69) is 41.9 Å². The van der Waals surface area contributed by atoms with E-state index in [0.29, 0.717) is 72.4 Å². The number of aromatic carboxylic acids is 1. The summed E-state index contributed by atoms with van der Waals surface area (Å²) >= 11 is 11.7. The smallest absolute Gasteiger partial charge is 0.407 e. The molecule has 79 heavy (non-hydrogen) atoms. The van der Waals surface area contributed by atoms with E-state index in [-0.39, 0.29) is 92.4 Å². The van der Waals surface area contributed by atoms with Gasteiger partial charge in [-0.2, -0.15) is 0 Å². The van der Waals surface area contributed by atoms with E-state index in [9.17, 15) is 43.5 Å². The van der Waals surface area contributed by atoms with E-state index in [1.165, 1.54) is 68.0 Å². The number of benzene rings is 2. The van der Waals surface area contributed by atoms with Crippen LogP contribution < -0.4 is 31.9 Å². The normalized spacial score (nSPS) is 17.2. The molecule has 0 bridgehead atoms. The third kappa shape index (κ3) is 15.9. The molecular formula is C55H60Cl2N8O14. The van der Waals surface area contributed by atoms with Gasteiger partial charge in [-0.15, -0.1) is 0 Å². The number of hydrogen-bond acceptors (Lipinski definition) is 15. The summed E-state index contributed by atoms with van der Waals surface area (Å²) in [7, 11) is 1.26. The third-order valence-corrected chi connectivity index (χ3v) is 13.0. The predicted molar refractivity (Wildman–Crippen MR) is 293 cm³/mol. The number of furan rings is 2. The number of alkyl carbamates (subject to hydrolysis) is 2. The molecule has 8 rings (SSSR count). The molecule has 6 amide bonds. The molecule has 0 saturated heterocycles. The van der Waals surface area contributed by atoms with Gasteiger partial charge in [0.05, 0.1) is 28.3 Å². The number of pyridine rings is 2. The number of nitrogens with zero attached hydrogens (tertiary/aromatic N) is 2. The molecule has 0 unspecified atom stereocenters. The van der Waals surface area contributed by atoms with Gasteiger partial charge in [0.25, 0.3) is 11.8 Å². The lowest BCUT2D eigenvalue weighted by molar-refractivity contribution is -0.121. The number of carboxylic acid groups (broad SMARTS) is 1. The highest BCUT2D eigenvalue weighted by Gasteiger charge is 2.33. The monoisotopic (exact) mass is 1130 g/mol. The van der Waals surface area contributed by atoms with Crippen LogP contribution in [0.2, 0.25) is 10.0 Å². The van der Waals surface area contributed by atoms with E-state index >= 15 is 0 Å². The molecule has 0 radical (unpaired) electrons. The number of amides is 6. The average Bonchev–Trinajstić information content (AvgIpc) is 4.18. The number of aromatic nitrogens is 2. The second kappa shape index (κ2) is 25.0. The van der Waals surface area contributed by atoms with Crippen molar-refractivity contribution in [2.75, 3.05) is 28.4 Å². The third-order valence-electron chi connectivity index (χ3n) is 12.5. The first-order chi connectivity index (χ1) is 37.3. The zero-order valence-corrected chi connectivity index (χ0v) is 45.8. The van der Waals surface area contributed by atoms with Crippen LogP contribution in [-0.2, 0) is 23.8 Å². The van der Waals surface area contributed by atoms with Crippen LogP contribution in [0, 0.1) is 11.8 Å². The maximum absolute atomic E-state index is 13.4. The lowest BCUT2D eigenvalue weighted by atomic mass is 9.85. The van der Waals surface area contributed by atoms with Crippen molar-refractivity contribution in [1.29, 1.82) is 0 Å². The Balaban J connectivity index is 0.000000229. The quantitative estimate of drug-likeness (QED) is 0.0442. The molecule has 2 saturated carbocycles. The van der Waals surface area contributed by atoms with E-state index in [4.69, 9.17) is 46.2 Å². The second-order valence-electron chi connectivity index (χ2n) is 20.8. The van der Waals surface area contributed by atoms with Crippen molar-refractivity contribution in [2.24, 2.45) is 11.8 Å². The molecule has 0 spiro atoms. The highest BCUT2D eigenvalue weighted by molar-refractivity contribution is 6.30. The number of esters is 1. The zero-order valence-electron chi connectivity index (χ0n) is 44.3. The molecule has 418 valence electrons. The van der Waals surface area contributed by atoms with Gasteiger partial charge in [-0.1, -0.05) is 23.2 Å². The van der Waals surface area contributed by atoms with Crippen LogP contribution in [-0.4, -0.2) is 93.2 Å². The van der Waals surface area contributed by atoms with E-state index in [0.717, 1.165) is 0 Å². The highest BCUT2D eigenvalue weighted by atomic mass is 35.5. The number of nitrogens with one attached hydrogen (secondary N) is 6. The minimum atomic E-state index is -1.16. The number of rotatable bonds is 12. The predicted octanol–water partition coefficient (Wildman–Crippen LogP) is 11.0. The number of anilines is 4. The van der Waals surface area contributed by atoms with Crippen molar-refractivity contribution in [2.45, 2.75) is 116 Å². The lowest BCUT2D eigenvalue weighted by Crippen LogP contribution is -2.42. The van der Waals surface area contributed by atoms with Gasteiger partial charge in [-0.25, -0.2) is 29.1 Å². The number of methoxy groups -OCH3 is 1. The first-order valence-electron chi connectivity index (χ1n) is 25.2. The van der Waals surface area contributed by atoms with Crippen molar-refractivity contribution in [3.8, 4) is 0 Å². The molecule has 2 aliphatic rings. The second-order valence-corrected chi connectivity index (χ2v) is 21.7. The maximum Gasteiger partial charge on any atom is 0.407 e. The Morgan fingerprint density at radius 3 is 1.30 bits per heavy atom. The fourth-order valence-electron chi connectivity index (χ4n) is 8.79. The summed E-state index contributed by atoms with van der Waals surface area (Å²) in [6.45, 7) is 10.7. The Morgan fingerprint density at radius 1 is 0.557 bits per heavy atom. The number of hydrogen-bond donors (Lipinski definition) is 7. The molecule has 2 aromatic carbocycles. The molecule has 24 heteroatoms. The standard InChI is InChI=1S/C28H31ClN4O7.C27H29ClN4O7/c1-28(2,3)40-27(37)31-18-9-5-15(6-10-18)24(34)33-22-19-13-16(26(36)38-4)7-11-20(19)39-23(22)25(35)32-21-12-8-17(29)14-30-21;1-27(2,3)39-26(37)30-17-8-4-14(5-9-17)23(33)32-21-18-12-15(25(35)36)6-10-19(18)38-22(21)24(34)31-20-11-7-16(28)13-29-20/h7-8,11-15,18H,5-6,9-10H2,1-4H3,(H,31,37)(H,33,34)(H,30,32,35);6-7,10-14,17H,4-5,8-9H2,1-3H3,(H,30,37)(H,32,33)(H,35,36)(H,29,31,34).